The van der Waals surface area contributed by atoms with E-state index in [2.05, 4.69) is 16.9 Å². The molecule has 21 heavy (non-hydrogen) atoms. The van der Waals surface area contributed by atoms with Crippen molar-refractivity contribution in [3.63, 3.8) is 0 Å². The van der Waals surface area contributed by atoms with Crippen LogP contribution >= 0.6 is 0 Å². The molecule has 0 saturated carbocycles. The highest BCUT2D eigenvalue weighted by atomic mass is 16.3. The summed E-state index contributed by atoms with van der Waals surface area (Å²) in [5, 5.41) is 0.943. The largest absolute Gasteiger partial charge is 0.453 e. The average Bonchev–Trinajstić information content (AvgIpc) is 2.50. The fourth-order valence-electron chi connectivity index (χ4n) is 2.22. The molecular formula is C17H19N3O. The highest BCUT2D eigenvalue weighted by Gasteiger charge is 2.09. The van der Waals surface area contributed by atoms with Crippen molar-refractivity contribution < 1.29 is 4.42 Å². The second-order valence-corrected chi connectivity index (χ2v) is 5.29. The normalized spacial score (nSPS) is 12.2. The van der Waals surface area contributed by atoms with E-state index in [1.165, 1.54) is 0 Å². The maximum Gasteiger partial charge on any atom is 0.155 e. The standard InChI is InChI=1S/C17H19N3O/c1-4-9-18-12-5-7-14-16(10-12)21-17-11-13(20(2)3)6-8-15(17)19-14/h5-8,10-11H,4,9H2,1-3H3. The van der Waals surface area contributed by atoms with Crippen molar-refractivity contribution in [1.82, 2.24) is 4.98 Å². The van der Waals surface area contributed by atoms with E-state index < -0.39 is 0 Å². The van der Waals surface area contributed by atoms with Crippen LogP contribution in [0, 0.1) is 0 Å². The summed E-state index contributed by atoms with van der Waals surface area (Å²) in [4.78, 5) is 11.2. The third-order valence-electron chi connectivity index (χ3n) is 3.38. The Bertz CT molecular complexity index is 805. The molecule has 0 N–H and O–H groups in total. The van der Waals surface area contributed by atoms with Crippen LogP contribution in [-0.2, 0) is 0 Å². The molecule has 1 aliphatic heterocycles. The van der Waals surface area contributed by atoms with Gasteiger partial charge in [0.05, 0.1) is 5.36 Å². The third-order valence-corrected chi connectivity index (χ3v) is 3.38. The van der Waals surface area contributed by atoms with E-state index in [1.807, 2.05) is 55.4 Å². The van der Waals surface area contributed by atoms with Gasteiger partial charge in [0.15, 0.2) is 11.3 Å². The molecule has 0 saturated heterocycles. The van der Waals surface area contributed by atoms with Crippen molar-refractivity contribution >= 4 is 16.8 Å². The highest BCUT2D eigenvalue weighted by molar-refractivity contribution is 5.79. The molecule has 1 aromatic rings. The van der Waals surface area contributed by atoms with E-state index in [-0.39, 0.29) is 0 Å². The first-order valence-electron chi connectivity index (χ1n) is 7.20. The van der Waals surface area contributed by atoms with E-state index in [0.717, 1.165) is 46.6 Å². The van der Waals surface area contributed by atoms with Crippen molar-refractivity contribution in [2.75, 3.05) is 25.5 Å². The molecule has 1 heterocycles. The lowest BCUT2D eigenvalue weighted by Gasteiger charge is -2.13. The van der Waals surface area contributed by atoms with Gasteiger partial charge in [0, 0.05) is 38.5 Å². The van der Waals surface area contributed by atoms with Crippen LogP contribution in [0.15, 0.2) is 45.8 Å². The molecule has 0 amide bonds. The Hall–Kier alpha value is -2.36. The lowest BCUT2D eigenvalue weighted by Crippen LogP contribution is -2.08. The van der Waals surface area contributed by atoms with Gasteiger partial charge in [0.25, 0.3) is 0 Å². The molecule has 108 valence electrons. The number of hydrogen-bond donors (Lipinski definition) is 0. The number of fused-ring (bicyclic) bond motifs is 2. The quantitative estimate of drug-likeness (QED) is 0.692. The number of benzene rings is 2. The monoisotopic (exact) mass is 281 g/mol. The summed E-state index contributed by atoms with van der Waals surface area (Å²) in [6.45, 7) is 2.95. The van der Waals surface area contributed by atoms with Crippen LogP contribution < -0.4 is 10.3 Å². The molecule has 4 heteroatoms. The molecule has 1 aromatic carbocycles. The Morgan fingerprint density at radius 3 is 2.76 bits per heavy atom. The first kappa shape index (κ1) is 13.6. The summed E-state index contributed by atoms with van der Waals surface area (Å²) in [6.07, 6.45) is 1.04. The summed E-state index contributed by atoms with van der Waals surface area (Å²) < 4.78 is 6.01. The molecule has 2 aliphatic rings. The zero-order chi connectivity index (χ0) is 14.8. The Balaban J connectivity index is 2.18. The Labute approximate surface area is 124 Å². The molecule has 0 bridgehead atoms. The van der Waals surface area contributed by atoms with Gasteiger partial charge in [0.1, 0.15) is 11.2 Å². The lowest BCUT2D eigenvalue weighted by atomic mass is 10.2. The van der Waals surface area contributed by atoms with Gasteiger partial charge in [-0.2, -0.15) is 0 Å². The van der Waals surface area contributed by atoms with Gasteiger partial charge < -0.3 is 9.32 Å². The van der Waals surface area contributed by atoms with Crippen molar-refractivity contribution in [3.8, 4) is 11.5 Å². The maximum atomic E-state index is 6.01. The SMILES string of the molecule is CCCN=c1ccc2nc3ccc(N(C)C)cc3oc-2c1. The van der Waals surface area contributed by atoms with Crippen LogP contribution in [0.2, 0.25) is 0 Å². The minimum atomic E-state index is 0.774. The van der Waals surface area contributed by atoms with Crippen LogP contribution in [0.25, 0.3) is 22.6 Å². The van der Waals surface area contributed by atoms with Gasteiger partial charge in [0.2, 0.25) is 0 Å². The van der Waals surface area contributed by atoms with Gasteiger partial charge in [-0.15, -0.1) is 0 Å². The molecular weight excluding hydrogens is 262 g/mol. The topological polar surface area (TPSA) is 41.6 Å². The van der Waals surface area contributed by atoms with Crippen LogP contribution in [0.3, 0.4) is 0 Å². The second kappa shape index (κ2) is 5.56. The van der Waals surface area contributed by atoms with Gasteiger partial charge in [-0.3, -0.25) is 4.99 Å². The van der Waals surface area contributed by atoms with Crippen molar-refractivity contribution in [1.29, 1.82) is 0 Å². The molecule has 3 rings (SSSR count). The van der Waals surface area contributed by atoms with Crippen LogP contribution in [0.4, 0.5) is 5.69 Å². The fourth-order valence-corrected chi connectivity index (χ4v) is 2.22. The Morgan fingerprint density at radius 1 is 1.14 bits per heavy atom. The van der Waals surface area contributed by atoms with E-state index in [0.29, 0.717) is 0 Å². The Morgan fingerprint density at radius 2 is 2.00 bits per heavy atom. The summed E-state index contributed by atoms with van der Waals surface area (Å²) in [6, 6.07) is 12.0. The lowest BCUT2D eigenvalue weighted by molar-refractivity contribution is 0.612. The minimum absolute atomic E-state index is 0.774. The van der Waals surface area contributed by atoms with E-state index >= 15 is 0 Å². The van der Waals surface area contributed by atoms with Gasteiger partial charge in [-0.05, 0) is 30.7 Å². The fraction of sp³-hybridized carbons (Fsp3) is 0.294. The van der Waals surface area contributed by atoms with Gasteiger partial charge >= 0.3 is 0 Å². The molecule has 0 fully saturated rings. The summed E-state index contributed by atoms with van der Waals surface area (Å²) in [7, 11) is 4.02. The van der Waals surface area contributed by atoms with Gasteiger partial charge in [-0.1, -0.05) is 6.92 Å². The second-order valence-electron chi connectivity index (χ2n) is 5.29. The van der Waals surface area contributed by atoms with Crippen molar-refractivity contribution in [3.05, 3.63) is 41.8 Å². The first-order valence-corrected chi connectivity index (χ1v) is 7.20. The number of hydrogen-bond acceptors (Lipinski definition) is 4. The average molecular weight is 281 g/mol. The third kappa shape index (κ3) is 2.75. The number of nitrogens with zero attached hydrogens (tertiary/aromatic N) is 3. The van der Waals surface area contributed by atoms with Crippen molar-refractivity contribution in [2.24, 2.45) is 4.99 Å². The maximum absolute atomic E-state index is 6.01. The molecule has 4 nitrogen and oxygen atoms in total. The van der Waals surface area contributed by atoms with Crippen LogP contribution in [0.1, 0.15) is 13.3 Å². The van der Waals surface area contributed by atoms with E-state index in [4.69, 9.17) is 4.42 Å². The summed E-state index contributed by atoms with van der Waals surface area (Å²) in [5.74, 6) is 0.774. The zero-order valence-electron chi connectivity index (χ0n) is 12.6. The molecule has 0 radical (unpaired) electrons. The number of aromatic nitrogens is 1. The molecule has 1 aliphatic carbocycles. The molecule has 0 spiro atoms. The van der Waals surface area contributed by atoms with Crippen molar-refractivity contribution in [2.45, 2.75) is 13.3 Å². The summed E-state index contributed by atoms with van der Waals surface area (Å²) in [5.41, 5.74) is 3.61. The molecule has 0 unspecified atom stereocenters. The van der Waals surface area contributed by atoms with E-state index in [1.54, 1.807) is 0 Å². The molecule has 0 aromatic heterocycles. The van der Waals surface area contributed by atoms with Crippen LogP contribution in [-0.4, -0.2) is 25.6 Å². The molecule has 0 atom stereocenters. The minimum Gasteiger partial charge on any atom is -0.453 e. The predicted octanol–water partition coefficient (Wildman–Crippen LogP) is 3.31. The Kier molecular flexibility index (Phi) is 3.60. The van der Waals surface area contributed by atoms with Crippen LogP contribution in [0.5, 0.6) is 0 Å². The smallest absolute Gasteiger partial charge is 0.155 e. The zero-order valence-corrected chi connectivity index (χ0v) is 12.6. The van der Waals surface area contributed by atoms with E-state index in [9.17, 15) is 0 Å². The van der Waals surface area contributed by atoms with Gasteiger partial charge in [-0.25, -0.2) is 4.98 Å². The first-order chi connectivity index (χ1) is 10.2. The highest BCUT2D eigenvalue weighted by Crippen LogP contribution is 2.26. The number of rotatable bonds is 3. The predicted molar refractivity (Wildman–Crippen MR) is 85.7 cm³/mol. The summed E-state index contributed by atoms with van der Waals surface area (Å²) >= 11 is 0. The number of anilines is 1.